The van der Waals surface area contributed by atoms with Crippen LogP contribution < -0.4 is 4.90 Å². The second kappa shape index (κ2) is 8.12. The minimum Gasteiger partial charge on any atom is -0.274 e. The van der Waals surface area contributed by atoms with Gasteiger partial charge in [-0.2, -0.15) is 5.26 Å². The molecule has 4 rings (SSSR count). The largest absolute Gasteiger partial charge is 0.274 e. The Labute approximate surface area is 187 Å². The zero-order valence-corrected chi connectivity index (χ0v) is 19.3. The molecule has 2 atom stereocenters. The van der Waals surface area contributed by atoms with Gasteiger partial charge in [0.05, 0.1) is 16.5 Å². The lowest BCUT2D eigenvalue weighted by Crippen LogP contribution is -2.31. The first-order chi connectivity index (χ1) is 14.7. The fraction of sp³-hybridized carbons (Fsp3) is 0.440. The Bertz CT molecular complexity index is 1080. The maximum atomic E-state index is 13.0. The number of carbonyl (C=O) groups excluding carboxylic acids is 2. The maximum absolute atomic E-state index is 13.0. The van der Waals surface area contributed by atoms with Gasteiger partial charge in [0.2, 0.25) is 11.8 Å². The summed E-state index contributed by atoms with van der Waals surface area (Å²) in [6.07, 6.45) is 2.99. The number of thioether (sulfide) groups is 1. The van der Waals surface area contributed by atoms with Gasteiger partial charge in [0.25, 0.3) is 0 Å². The summed E-state index contributed by atoms with van der Waals surface area (Å²) in [6, 6.07) is 11.6. The smallest absolute Gasteiger partial charge is 0.247 e. The molecule has 5 nitrogen and oxygen atoms in total. The fourth-order valence-electron chi connectivity index (χ4n) is 4.35. The number of fused-ring (bicyclic) bond motifs is 1. The molecule has 2 aromatic rings. The van der Waals surface area contributed by atoms with Crippen molar-refractivity contribution in [3.63, 3.8) is 0 Å². The number of rotatable bonds is 3. The minimum absolute atomic E-state index is 0.118. The van der Waals surface area contributed by atoms with E-state index in [-0.39, 0.29) is 23.7 Å². The van der Waals surface area contributed by atoms with Crippen LogP contribution in [-0.4, -0.2) is 22.0 Å². The van der Waals surface area contributed by atoms with E-state index in [0.717, 1.165) is 36.1 Å². The Hall–Kier alpha value is -2.65. The fourth-order valence-corrected chi connectivity index (χ4v) is 5.45. The minimum atomic E-state index is -0.558. The van der Waals surface area contributed by atoms with Crippen LogP contribution in [0.3, 0.4) is 0 Å². The zero-order chi connectivity index (χ0) is 22.3. The summed E-state index contributed by atoms with van der Waals surface area (Å²) in [4.78, 5) is 31.7. The van der Waals surface area contributed by atoms with Crippen molar-refractivity contribution in [3.05, 3.63) is 52.7 Å². The van der Waals surface area contributed by atoms with Crippen LogP contribution in [0.2, 0.25) is 0 Å². The molecule has 1 saturated heterocycles. The van der Waals surface area contributed by atoms with Crippen molar-refractivity contribution in [2.45, 2.75) is 63.7 Å². The number of pyridine rings is 1. The van der Waals surface area contributed by atoms with Crippen molar-refractivity contribution in [3.8, 4) is 6.07 Å². The van der Waals surface area contributed by atoms with Gasteiger partial charge in [-0.1, -0.05) is 50.2 Å². The molecule has 0 saturated carbocycles. The van der Waals surface area contributed by atoms with E-state index < -0.39 is 5.25 Å². The molecule has 0 spiro atoms. The molecule has 1 aliphatic heterocycles. The van der Waals surface area contributed by atoms with Crippen LogP contribution in [0.15, 0.2) is 35.4 Å². The Kier molecular flexibility index (Phi) is 5.65. The molecule has 0 N–H and O–H groups in total. The third-order valence-electron chi connectivity index (χ3n) is 6.35. The van der Waals surface area contributed by atoms with Crippen LogP contribution in [0.25, 0.3) is 0 Å². The molecule has 1 aliphatic carbocycles. The first kappa shape index (κ1) is 21.6. The average Bonchev–Trinajstić information content (AvgIpc) is 3.00. The number of carbonyl (C=O) groups is 2. The predicted molar refractivity (Wildman–Crippen MR) is 122 cm³/mol. The highest BCUT2D eigenvalue weighted by molar-refractivity contribution is 8.00. The van der Waals surface area contributed by atoms with Crippen LogP contribution >= 0.6 is 11.8 Å². The summed E-state index contributed by atoms with van der Waals surface area (Å²) in [7, 11) is 0. The lowest BCUT2D eigenvalue weighted by atomic mass is 9.71. The quantitative estimate of drug-likeness (QED) is 0.648. The summed E-state index contributed by atoms with van der Waals surface area (Å²) < 4.78 is 0. The van der Waals surface area contributed by atoms with Gasteiger partial charge in [-0.3, -0.25) is 9.59 Å². The number of aromatic nitrogens is 1. The van der Waals surface area contributed by atoms with E-state index in [0.29, 0.717) is 22.2 Å². The van der Waals surface area contributed by atoms with Gasteiger partial charge in [0.15, 0.2) is 0 Å². The molecule has 1 aromatic heterocycles. The second-order valence-corrected chi connectivity index (χ2v) is 10.8. The number of benzene rings is 1. The van der Waals surface area contributed by atoms with Crippen molar-refractivity contribution in [1.82, 2.24) is 4.98 Å². The monoisotopic (exact) mass is 433 g/mol. The van der Waals surface area contributed by atoms with Crippen molar-refractivity contribution in [1.29, 1.82) is 5.26 Å². The Balaban J connectivity index is 1.57. The van der Waals surface area contributed by atoms with Gasteiger partial charge >= 0.3 is 0 Å². The molecule has 0 unspecified atom stereocenters. The van der Waals surface area contributed by atoms with Crippen molar-refractivity contribution in [2.75, 3.05) is 4.90 Å². The number of nitriles is 1. The first-order valence-electron chi connectivity index (χ1n) is 10.7. The normalized spacial score (nSPS) is 21.2. The zero-order valence-electron chi connectivity index (χ0n) is 18.4. The lowest BCUT2D eigenvalue weighted by Gasteiger charge is -2.34. The van der Waals surface area contributed by atoms with Crippen LogP contribution in [0.1, 0.15) is 56.0 Å². The molecule has 31 heavy (non-hydrogen) atoms. The highest BCUT2D eigenvalue weighted by Gasteiger charge is 2.41. The van der Waals surface area contributed by atoms with Crippen LogP contribution in [0, 0.1) is 29.6 Å². The summed E-state index contributed by atoms with van der Waals surface area (Å²) in [6.45, 7) is 8.74. The molecule has 0 radical (unpaired) electrons. The molecule has 1 fully saturated rings. The highest BCUT2D eigenvalue weighted by atomic mass is 32.2. The highest BCUT2D eigenvalue weighted by Crippen LogP contribution is 2.40. The molecule has 160 valence electrons. The molecule has 2 heterocycles. The SMILES string of the molecule is Cc1ccc(N2C(=O)C[C@@H](Sc3nc4c(cc3C#N)C[C@@H](C(C)(C)C)CC4)C2=O)cc1. The Morgan fingerprint density at radius 3 is 2.52 bits per heavy atom. The summed E-state index contributed by atoms with van der Waals surface area (Å²) >= 11 is 1.25. The van der Waals surface area contributed by atoms with Gasteiger partial charge < -0.3 is 0 Å². The number of nitrogens with zero attached hydrogens (tertiary/aromatic N) is 3. The Morgan fingerprint density at radius 1 is 1.16 bits per heavy atom. The van der Waals surface area contributed by atoms with E-state index >= 15 is 0 Å². The van der Waals surface area contributed by atoms with Gasteiger partial charge in [0, 0.05) is 12.1 Å². The van der Waals surface area contributed by atoms with Crippen LogP contribution in [-0.2, 0) is 22.4 Å². The number of hydrogen-bond donors (Lipinski definition) is 0. The second-order valence-electron chi connectivity index (χ2n) is 9.58. The molecule has 1 aromatic carbocycles. The van der Waals surface area contributed by atoms with E-state index in [1.54, 1.807) is 12.1 Å². The molecule has 0 bridgehead atoms. The van der Waals surface area contributed by atoms with Crippen molar-refractivity contribution >= 4 is 29.3 Å². The van der Waals surface area contributed by atoms with E-state index in [4.69, 9.17) is 4.98 Å². The van der Waals surface area contributed by atoms with E-state index in [1.807, 2.05) is 25.1 Å². The first-order valence-corrected chi connectivity index (χ1v) is 11.6. The average molecular weight is 434 g/mol. The van der Waals surface area contributed by atoms with Gasteiger partial charge in [0.1, 0.15) is 11.1 Å². The standard InChI is InChI=1S/C25H27N3O2S/c1-15-5-8-19(9-6-15)28-22(29)13-21(24(28)30)31-23-17(14-26)11-16-12-18(25(2,3)4)7-10-20(16)27-23/h5-6,8-9,11,18,21H,7,10,12-13H2,1-4H3/t18-,21+/m0/s1. The topological polar surface area (TPSA) is 74.1 Å². The molecule has 2 aliphatic rings. The summed E-state index contributed by atoms with van der Waals surface area (Å²) in [5.74, 6) is 0.106. The summed E-state index contributed by atoms with van der Waals surface area (Å²) in [5.41, 5.74) is 4.53. The maximum Gasteiger partial charge on any atom is 0.247 e. The van der Waals surface area contributed by atoms with Gasteiger partial charge in [-0.05, 0) is 61.3 Å². The number of amides is 2. The number of hydrogen-bond acceptors (Lipinski definition) is 5. The van der Waals surface area contributed by atoms with Gasteiger partial charge in [-0.15, -0.1) is 0 Å². The number of anilines is 1. The Morgan fingerprint density at radius 2 is 1.87 bits per heavy atom. The summed E-state index contributed by atoms with van der Waals surface area (Å²) in [5, 5.41) is 9.73. The predicted octanol–water partition coefficient (Wildman–Crippen LogP) is 4.84. The van der Waals surface area contributed by atoms with Gasteiger partial charge in [-0.25, -0.2) is 9.88 Å². The molecular weight excluding hydrogens is 406 g/mol. The van der Waals surface area contributed by atoms with Crippen molar-refractivity contribution < 1.29 is 9.59 Å². The number of imide groups is 1. The third-order valence-corrected chi connectivity index (χ3v) is 7.54. The lowest BCUT2D eigenvalue weighted by molar-refractivity contribution is -0.121. The van der Waals surface area contributed by atoms with E-state index in [1.165, 1.54) is 16.7 Å². The molecule has 2 amide bonds. The van der Waals surface area contributed by atoms with E-state index in [9.17, 15) is 14.9 Å². The van der Waals surface area contributed by atoms with E-state index in [2.05, 4.69) is 26.8 Å². The number of aryl methyl sites for hydroxylation is 2. The van der Waals surface area contributed by atoms with Crippen molar-refractivity contribution in [2.24, 2.45) is 11.3 Å². The van der Waals surface area contributed by atoms with Crippen LogP contribution in [0.5, 0.6) is 0 Å². The van der Waals surface area contributed by atoms with Crippen LogP contribution in [0.4, 0.5) is 5.69 Å². The molecule has 6 heteroatoms. The third kappa shape index (κ3) is 4.24. The molecular formula is C25H27N3O2S.